The van der Waals surface area contributed by atoms with Gasteiger partial charge < -0.3 is 9.64 Å². The molecule has 1 aromatic carbocycles. The minimum Gasteiger partial charge on any atom is -0.383 e. The first-order valence-electron chi connectivity index (χ1n) is 7.66. The van der Waals surface area contributed by atoms with Gasteiger partial charge in [-0.1, -0.05) is 0 Å². The number of rotatable bonds is 5. The number of piperazine rings is 1. The molecule has 0 amide bonds. The molecule has 0 N–H and O–H groups in total. The van der Waals surface area contributed by atoms with Gasteiger partial charge in [-0.15, -0.1) is 0 Å². The van der Waals surface area contributed by atoms with Gasteiger partial charge in [0, 0.05) is 50.6 Å². The third kappa shape index (κ3) is 3.78. The second kappa shape index (κ2) is 7.40. The molecule has 124 valence electrons. The molecule has 0 aromatic heterocycles. The van der Waals surface area contributed by atoms with Crippen molar-refractivity contribution in [3.8, 4) is 6.07 Å². The largest absolute Gasteiger partial charge is 0.383 e. The highest BCUT2D eigenvalue weighted by molar-refractivity contribution is 5.60. The molecule has 0 bridgehead atoms. The van der Waals surface area contributed by atoms with Crippen molar-refractivity contribution >= 4 is 11.4 Å². The lowest BCUT2D eigenvalue weighted by atomic mass is 10.1. The van der Waals surface area contributed by atoms with Crippen molar-refractivity contribution in [2.45, 2.75) is 25.9 Å². The van der Waals surface area contributed by atoms with Crippen LogP contribution in [0, 0.1) is 21.4 Å². The lowest BCUT2D eigenvalue weighted by molar-refractivity contribution is -0.385. The number of nitriles is 1. The summed E-state index contributed by atoms with van der Waals surface area (Å²) >= 11 is 0. The Bertz CT molecular complexity index is 602. The molecule has 0 unspecified atom stereocenters. The predicted molar refractivity (Wildman–Crippen MR) is 87.5 cm³/mol. The monoisotopic (exact) mass is 318 g/mol. The van der Waals surface area contributed by atoms with Crippen LogP contribution in [0.2, 0.25) is 0 Å². The van der Waals surface area contributed by atoms with E-state index in [2.05, 4.69) is 23.6 Å². The number of methoxy groups -OCH3 is 1. The maximum atomic E-state index is 10.9. The van der Waals surface area contributed by atoms with E-state index >= 15 is 0 Å². The normalized spacial score (nSPS) is 21.9. The Morgan fingerprint density at radius 1 is 1.39 bits per heavy atom. The molecule has 1 saturated heterocycles. The van der Waals surface area contributed by atoms with E-state index in [4.69, 9.17) is 10.00 Å². The summed E-state index contributed by atoms with van der Waals surface area (Å²) < 4.78 is 5.16. The maximum Gasteiger partial charge on any atom is 0.287 e. The van der Waals surface area contributed by atoms with Gasteiger partial charge in [-0.25, -0.2) is 0 Å². The molecule has 1 aliphatic heterocycles. The fourth-order valence-corrected chi connectivity index (χ4v) is 3.17. The molecule has 0 aliphatic carbocycles. The number of hydrogen-bond acceptors (Lipinski definition) is 6. The van der Waals surface area contributed by atoms with Crippen molar-refractivity contribution in [2.75, 3.05) is 38.3 Å². The zero-order valence-electron chi connectivity index (χ0n) is 13.7. The van der Waals surface area contributed by atoms with E-state index in [9.17, 15) is 10.1 Å². The molecule has 0 radical (unpaired) electrons. The van der Waals surface area contributed by atoms with Crippen molar-refractivity contribution in [1.29, 1.82) is 5.26 Å². The van der Waals surface area contributed by atoms with E-state index in [1.54, 1.807) is 19.2 Å². The van der Waals surface area contributed by atoms with Crippen LogP contribution in [0.4, 0.5) is 11.4 Å². The first-order chi connectivity index (χ1) is 11.0. The van der Waals surface area contributed by atoms with Crippen LogP contribution in [-0.2, 0) is 4.74 Å². The van der Waals surface area contributed by atoms with Gasteiger partial charge in [0.25, 0.3) is 5.69 Å². The van der Waals surface area contributed by atoms with E-state index < -0.39 is 4.92 Å². The van der Waals surface area contributed by atoms with Gasteiger partial charge in [0.2, 0.25) is 0 Å². The standard InChI is InChI=1S/C16H22N4O3/c1-12-10-18(11-13(2)19(12)6-7-23-3)15-4-5-16(20(21)22)14(8-15)9-17/h4-5,8,12-13H,6-7,10-11H2,1-3H3/t12-,13-/m0/s1. The Labute approximate surface area is 136 Å². The summed E-state index contributed by atoms with van der Waals surface area (Å²) in [6, 6.07) is 7.36. The van der Waals surface area contributed by atoms with E-state index in [1.807, 2.05) is 6.07 Å². The van der Waals surface area contributed by atoms with Crippen LogP contribution in [0.5, 0.6) is 0 Å². The van der Waals surface area contributed by atoms with Crippen molar-refractivity contribution < 1.29 is 9.66 Å². The Kier molecular flexibility index (Phi) is 5.53. The second-order valence-electron chi connectivity index (χ2n) is 5.90. The van der Waals surface area contributed by atoms with Crippen molar-refractivity contribution in [3.05, 3.63) is 33.9 Å². The lowest BCUT2D eigenvalue weighted by Gasteiger charge is -2.45. The molecule has 1 aliphatic rings. The lowest BCUT2D eigenvalue weighted by Crippen LogP contribution is -2.57. The fourth-order valence-electron chi connectivity index (χ4n) is 3.17. The number of nitro benzene ring substituents is 1. The van der Waals surface area contributed by atoms with E-state index in [0.717, 1.165) is 25.3 Å². The molecular formula is C16H22N4O3. The predicted octanol–water partition coefficient (Wildman–Crippen LogP) is 2.01. The Hall–Kier alpha value is -2.17. The number of benzene rings is 1. The van der Waals surface area contributed by atoms with Crippen LogP contribution in [0.1, 0.15) is 19.4 Å². The first kappa shape index (κ1) is 17.2. The van der Waals surface area contributed by atoms with Crippen molar-refractivity contribution in [3.63, 3.8) is 0 Å². The highest BCUT2D eigenvalue weighted by Gasteiger charge is 2.29. The molecule has 0 saturated carbocycles. The number of anilines is 1. The smallest absolute Gasteiger partial charge is 0.287 e. The van der Waals surface area contributed by atoms with Crippen LogP contribution in [0.15, 0.2) is 18.2 Å². The topological polar surface area (TPSA) is 82.6 Å². The van der Waals surface area contributed by atoms with Gasteiger partial charge in [0.15, 0.2) is 0 Å². The molecule has 2 atom stereocenters. The molecule has 1 aromatic rings. The molecule has 23 heavy (non-hydrogen) atoms. The fraction of sp³-hybridized carbons (Fsp3) is 0.562. The number of nitrogens with zero attached hydrogens (tertiary/aromatic N) is 4. The van der Waals surface area contributed by atoms with Gasteiger partial charge in [-0.3, -0.25) is 15.0 Å². The molecule has 1 heterocycles. The third-order valence-electron chi connectivity index (χ3n) is 4.32. The number of nitro groups is 1. The average Bonchev–Trinajstić information content (AvgIpc) is 2.53. The summed E-state index contributed by atoms with van der Waals surface area (Å²) in [7, 11) is 1.70. The summed E-state index contributed by atoms with van der Waals surface area (Å²) in [5, 5.41) is 20.1. The van der Waals surface area contributed by atoms with Gasteiger partial charge in [0.05, 0.1) is 11.5 Å². The molecule has 7 heteroatoms. The molecule has 7 nitrogen and oxygen atoms in total. The van der Waals surface area contributed by atoms with Crippen LogP contribution < -0.4 is 4.90 Å². The quantitative estimate of drug-likeness (QED) is 0.610. The van der Waals surface area contributed by atoms with Crippen LogP contribution in [0.25, 0.3) is 0 Å². The van der Waals surface area contributed by atoms with Gasteiger partial charge in [-0.2, -0.15) is 5.26 Å². The number of hydrogen-bond donors (Lipinski definition) is 0. The average molecular weight is 318 g/mol. The molecule has 2 rings (SSSR count). The summed E-state index contributed by atoms with van der Waals surface area (Å²) in [5.41, 5.74) is 0.822. The molecular weight excluding hydrogens is 296 g/mol. The van der Waals surface area contributed by atoms with Gasteiger partial charge in [-0.05, 0) is 26.0 Å². The van der Waals surface area contributed by atoms with E-state index in [0.29, 0.717) is 18.7 Å². The van der Waals surface area contributed by atoms with Crippen LogP contribution in [-0.4, -0.2) is 55.3 Å². The molecule has 0 spiro atoms. The summed E-state index contributed by atoms with van der Waals surface area (Å²) in [6.07, 6.45) is 0. The van der Waals surface area contributed by atoms with Gasteiger partial charge >= 0.3 is 0 Å². The Morgan fingerprint density at radius 2 is 2.04 bits per heavy atom. The van der Waals surface area contributed by atoms with E-state index in [-0.39, 0.29) is 11.3 Å². The zero-order chi connectivity index (χ0) is 17.0. The zero-order valence-corrected chi connectivity index (χ0v) is 13.7. The minimum atomic E-state index is -0.518. The number of ether oxygens (including phenoxy) is 1. The summed E-state index contributed by atoms with van der Waals surface area (Å²) in [4.78, 5) is 15.0. The maximum absolute atomic E-state index is 10.9. The Balaban J connectivity index is 2.18. The highest BCUT2D eigenvalue weighted by atomic mass is 16.6. The summed E-state index contributed by atoms with van der Waals surface area (Å²) in [6.45, 7) is 7.54. The summed E-state index contributed by atoms with van der Waals surface area (Å²) in [5.74, 6) is 0. The van der Waals surface area contributed by atoms with Crippen molar-refractivity contribution in [1.82, 2.24) is 4.90 Å². The molecule has 1 fully saturated rings. The van der Waals surface area contributed by atoms with E-state index in [1.165, 1.54) is 6.07 Å². The Morgan fingerprint density at radius 3 is 2.57 bits per heavy atom. The van der Waals surface area contributed by atoms with Gasteiger partial charge in [0.1, 0.15) is 11.6 Å². The minimum absolute atomic E-state index is 0.106. The third-order valence-corrected chi connectivity index (χ3v) is 4.32. The SMILES string of the molecule is COCCN1[C@@H](C)CN(c2ccc([N+](=O)[O-])c(C#N)c2)C[C@@H]1C. The van der Waals surface area contributed by atoms with Crippen molar-refractivity contribution in [2.24, 2.45) is 0 Å². The second-order valence-corrected chi connectivity index (χ2v) is 5.90. The first-order valence-corrected chi connectivity index (χ1v) is 7.66. The highest BCUT2D eigenvalue weighted by Crippen LogP contribution is 2.27. The van der Waals surface area contributed by atoms with Crippen LogP contribution >= 0.6 is 0 Å². The van der Waals surface area contributed by atoms with Crippen LogP contribution in [0.3, 0.4) is 0 Å².